The highest BCUT2D eigenvalue weighted by Crippen LogP contribution is 2.37. The van der Waals surface area contributed by atoms with Gasteiger partial charge in [0.2, 0.25) is 5.91 Å². The zero-order valence-corrected chi connectivity index (χ0v) is 17.7. The minimum atomic E-state index is 0.138. The number of amides is 1. The summed E-state index contributed by atoms with van der Waals surface area (Å²) in [6, 6.07) is 19.1. The molecule has 1 saturated carbocycles. The van der Waals surface area contributed by atoms with E-state index in [1.54, 1.807) is 0 Å². The smallest absolute Gasteiger partial charge is 0.239 e. The number of nitrogens with one attached hydrogen (secondary N) is 1. The maximum Gasteiger partial charge on any atom is 0.239 e. The standard InChI is InChI=1S/C25H32N4O/c30-25(26-16-21-12-13-27(18-21)22-6-2-1-3-7-22)19-29-15-14-28(17-20-10-11-20)23-8-4-5-9-24(23)29/h1-9,20-21H,10-19H2,(H,26,30). The topological polar surface area (TPSA) is 38.8 Å². The molecule has 5 rings (SSSR count). The van der Waals surface area contributed by atoms with Crippen LogP contribution in [0.25, 0.3) is 0 Å². The van der Waals surface area contributed by atoms with Crippen molar-refractivity contribution >= 4 is 23.0 Å². The molecule has 1 amide bonds. The van der Waals surface area contributed by atoms with E-state index < -0.39 is 0 Å². The van der Waals surface area contributed by atoms with Gasteiger partial charge < -0.3 is 20.0 Å². The molecule has 1 aliphatic carbocycles. The molecule has 3 aliphatic rings. The van der Waals surface area contributed by atoms with E-state index in [9.17, 15) is 4.79 Å². The van der Waals surface area contributed by atoms with Crippen LogP contribution in [-0.4, -0.2) is 51.7 Å². The third kappa shape index (κ3) is 4.40. The first kappa shape index (κ1) is 19.3. The van der Waals surface area contributed by atoms with Crippen LogP contribution in [0.15, 0.2) is 54.6 Å². The van der Waals surface area contributed by atoms with Crippen molar-refractivity contribution in [3.63, 3.8) is 0 Å². The van der Waals surface area contributed by atoms with Crippen molar-refractivity contribution in [3.05, 3.63) is 54.6 Å². The first-order valence-corrected chi connectivity index (χ1v) is 11.4. The zero-order valence-electron chi connectivity index (χ0n) is 17.7. The van der Waals surface area contributed by atoms with Crippen molar-refractivity contribution in [2.24, 2.45) is 11.8 Å². The maximum absolute atomic E-state index is 12.7. The lowest BCUT2D eigenvalue weighted by Crippen LogP contribution is -2.46. The Labute approximate surface area is 179 Å². The lowest BCUT2D eigenvalue weighted by Gasteiger charge is -2.38. The molecule has 0 radical (unpaired) electrons. The number of nitrogens with zero attached hydrogens (tertiary/aromatic N) is 3. The number of hydrogen-bond donors (Lipinski definition) is 1. The van der Waals surface area contributed by atoms with Crippen molar-refractivity contribution in [2.45, 2.75) is 19.3 Å². The van der Waals surface area contributed by atoms with Crippen LogP contribution < -0.4 is 20.0 Å². The Bertz CT molecular complexity index is 866. The van der Waals surface area contributed by atoms with E-state index in [0.29, 0.717) is 12.5 Å². The molecule has 5 heteroatoms. The van der Waals surface area contributed by atoms with E-state index in [0.717, 1.165) is 51.6 Å². The van der Waals surface area contributed by atoms with Crippen molar-refractivity contribution in [3.8, 4) is 0 Å². The highest BCUT2D eigenvalue weighted by Gasteiger charge is 2.29. The lowest BCUT2D eigenvalue weighted by atomic mass is 10.1. The number of para-hydroxylation sites is 3. The van der Waals surface area contributed by atoms with Gasteiger partial charge in [-0.1, -0.05) is 30.3 Å². The maximum atomic E-state index is 12.7. The zero-order chi connectivity index (χ0) is 20.3. The molecule has 2 fully saturated rings. The summed E-state index contributed by atoms with van der Waals surface area (Å²) >= 11 is 0. The molecule has 158 valence electrons. The summed E-state index contributed by atoms with van der Waals surface area (Å²) in [5.74, 6) is 1.53. The lowest BCUT2D eigenvalue weighted by molar-refractivity contribution is -0.119. The Kier molecular flexibility index (Phi) is 5.52. The predicted octanol–water partition coefficient (Wildman–Crippen LogP) is 3.37. The van der Waals surface area contributed by atoms with Gasteiger partial charge in [-0.15, -0.1) is 0 Å². The van der Waals surface area contributed by atoms with Crippen molar-refractivity contribution in [1.82, 2.24) is 5.32 Å². The first-order valence-electron chi connectivity index (χ1n) is 11.4. The van der Waals surface area contributed by atoms with E-state index in [-0.39, 0.29) is 5.91 Å². The van der Waals surface area contributed by atoms with Gasteiger partial charge in [0.25, 0.3) is 0 Å². The molecule has 5 nitrogen and oxygen atoms in total. The molecule has 30 heavy (non-hydrogen) atoms. The molecular weight excluding hydrogens is 372 g/mol. The van der Waals surface area contributed by atoms with E-state index in [1.807, 2.05) is 0 Å². The van der Waals surface area contributed by atoms with Crippen LogP contribution in [0, 0.1) is 11.8 Å². The number of fused-ring (bicyclic) bond motifs is 1. The molecule has 2 aliphatic heterocycles. The molecule has 2 aromatic rings. The average molecular weight is 405 g/mol. The Hall–Kier alpha value is -2.69. The van der Waals surface area contributed by atoms with Crippen LogP contribution in [0.4, 0.5) is 17.1 Å². The number of carbonyl (C=O) groups is 1. The fourth-order valence-corrected chi connectivity index (χ4v) is 4.81. The van der Waals surface area contributed by atoms with Crippen LogP contribution in [0.3, 0.4) is 0 Å². The van der Waals surface area contributed by atoms with Crippen LogP contribution in [0.5, 0.6) is 0 Å². The Morgan fingerprint density at radius 1 is 0.833 bits per heavy atom. The summed E-state index contributed by atoms with van der Waals surface area (Å²) in [5, 5.41) is 3.21. The Balaban J connectivity index is 1.13. The van der Waals surface area contributed by atoms with Crippen LogP contribution in [-0.2, 0) is 4.79 Å². The van der Waals surface area contributed by atoms with Crippen molar-refractivity contribution < 1.29 is 4.79 Å². The Morgan fingerprint density at radius 3 is 2.30 bits per heavy atom. The highest BCUT2D eigenvalue weighted by molar-refractivity contribution is 5.84. The normalized spacial score (nSPS) is 20.9. The van der Waals surface area contributed by atoms with E-state index in [1.165, 1.54) is 29.9 Å². The number of carbonyl (C=O) groups excluding carboxylic acids is 1. The highest BCUT2D eigenvalue weighted by atomic mass is 16.2. The van der Waals surface area contributed by atoms with Gasteiger partial charge in [-0.05, 0) is 55.4 Å². The second-order valence-corrected chi connectivity index (χ2v) is 9.04. The summed E-state index contributed by atoms with van der Waals surface area (Å²) in [7, 11) is 0. The monoisotopic (exact) mass is 404 g/mol. The SMILES string of the molecule is O=C(CN1CCN(CC2CC2)c2ccccc21)NCC1CCN(c2ccccc2)C1. The van der Waals surface area contributed by atoms with Gasteiger partial charge in [0.15, 0.2) is 0 Å². The minimum absolute atomic E-state index is 0.138. The van der Waals surface area contributed by atoms with Gasteiger partial charge in [0, 0.05) is 45.0 Å². The van der Waals surface area contributed by atoms with Gasteiger partial charge in [-0.3, -0.25) is 4.79 Å². The fraction of sp³-hybridized carbons (Fsp3) is 0.480. The molecule has 2 heterocycles. The fourth-order valence-electron chi connectivity index (χ4n) is 4.81. The largest absolute Gasteiger partial charge is 0.371 e. The van der Waals surface area contributed by atoms with E-state index in [2.05, 4.69) is 74.6 Å². The molecule has 1 saturated heterocycles. The number of benzene rings is 2. The van der Waals surface area contributed by atoms with Crippen LogP contribution in [0.2, 0.25) is 0 Å². The minimum Gasteiger partial charge on any atom is -0.371 e. The van der Waals surface area contributed by atoms with Gasteiger partial charge in [-0.2, -0.15) is 0 Å². The molecule has 1 atom stereocenters. The molecular formula is C25H32N4O. The summed E-state index contributed by atoms with van der Waals surface area (Å²) in [4.78, 5) is 19.9. The second-order valence-electron chi connectivity index (χ2n) is 9.04. The van der Waals surface area contributed by atoms with Gasteiger partial charge >= 0.3 is 0 Å². The molecule has 1 unspecified atom stereocenters. The van der Waals surface area contributed by atoms with Gasteiger partial charge in [0.05, 0.1) is 17.9 Å². The van der Waals surface area contributed by atoms with Crippen LogP contribution >= 0.6 is 0 Å². The second kappa shape index (κ2) is 8.58. The average Bonchev–Trinajstić information content (AvgIpc) is 3.48. The number of rotatable bonds is 7. The first-order chi connectivity index (χ1) is 14.8. The van der Waals surface area contributed by atoms with E-state index >= 15 is 0 Å². The third-order valence-corrected chi connectivity index (χ3v) is 6.71. The summed E-state index contributed by atoms with van der Waals surface area (Å²) < 4.78 is 0. The van der Waals surface area contributed by atoms with Crippen molar-refractivity contribution in [1.29, 1.82) is 0 Å². The van der Waals surface area contributed by atoms with Crippen molar-refractivity contribution in [2.75, 3.05) is 60.5 Å². The molecule has 0 spiro atoms. The summed E-state index contributed by atoms with van der Waals surface area (Å²) in [5.41, 5.74) is 3.78. The van der Waals surface area contributed by atoms with Gasteiger partial charge in [-0.25, -0.2) is 0 Å². The van der Waals surface area contributed by atoms with Crippen LogP contribution in [0.1, 0.15) is 19.3 Å². The number of anilines is 3. The molecule has 2 aromatic carbocycles. The van der Waals surface area contributed by atoms with Gasteiger partial charge in [0.1, 0.15) is 0 Å². The predicted molar refractivity (Wildman–Crippen MR) is 123 cm³/mol. The third-order valence-electron chi connectivity index (χ3n) is 6.71. The quantitative estimate of drug-likeness (QED) is 0.768. The summed E-state index contributed by atoms with van der Waals surface area (Å²) in [6.45, 7) is 6.40. The Morgan fingerprint density at radius 2 is 1.53 bits per heavy atom. The van der Waals surface area contributed by atoms with E-state index in [4.69, 9.17) is 0 Å². The molecule has 1 N–H and O–H groups in total. The molecule has 0 bridgehead atoms. The number of hydrogen-bond acceptors (Lipinski definition) is 4. The molecule has 0 aromatic heterocycles. The summed E-state index contributed by atoms with van der Waals surface area (Å²) in [6.07, 6.45) is 3.87.